The SMILES string of the molecule is CCCCCCCCCCCc1ccc(-c2ccc3c(ccc4c3ccc3c5ccc(-c6ccc(CCCCCCCCCCC)cc6)cc5ccc34)c2)cc1. The summed E-state index contributed by atoms with van der Waals surface area (Å²) in [7, 11) is 0. The highest BCUT2D eigenvalue weighted by molar-refractivity contribution is 6.22. The van der Waals surface area contributed by atoms with Crippen LogP contribution in [0.5, 0.6) is 0 Å². The molecule has 0 fully saturated rings. The Bertz CT molecular complexity index is 2110. The summed E-state index contributed by atoms with van der Waals surface area (Å²) in [5.41, 5.74) is 8.12. The van der Waals surface area contributed by atoms with Gasteiger partial charge in [-0.15, -0.1) is 0 Å². The Labute approximate surface area is 338 Å². The van der Waals surface area contributed by atoms with Gasteiger partial charge in [0.05, 0.1) is 0 Å². The van der Waals surface area contributed by atoms with Crippen LogP contribution in [0.4, 0.5) is 0 Å². The molecule has 0 saturated heterocycles. The van der Waals surface area contributed by atoms with Gasteiger partial charge in [0.15, 0.2) is 0 Å². The fourth-order valence-electron chi connectivity index (χ4n) is 9.07. The molecule has 7 aromatic rings. The van der Waals surface area contributed by atoms with Crippen molar-refractivity contribution >= 4 is 43.1 Å². The fourth-order valence-corrected chi connectivity index (χ4v) is 9.07. The summed E-state index contributed by atoms with van der Waals surface area (Å²) in [4.78, 5) is 0. The molecule has 0 bridgehead atoms. The van der Waals surface area contributed by atoms with E-state index in [1.54, 1.807) is 0 Å². The Morgan fingerprint density at radius 1 is 0.250 bits per heavy atom. The lowest BCUT2D eigenvalue weighted by atomic mass is 9.92. The molecule has 0 aliphatic carbocycles. The van der Waals surface area contributed by atoms with Crippen molar-refractivity contribution in [3.05, 3.63) is 132 Å². The zero-order chi connectivity index (χ0) is 38.4. The summed E-state index contributed by atoms with van der Waals surface area (Å²) in [5, 5.41) is 10.6. The van der Waals surface area contributed by atoms with Crippen LogP contribution in [-0.2, 0) is 12.8 Å². The number of unbranched alkanes of at least 4 members (excludes halogenated alkanes) is 16. The summed E-state index contributed by atoms with van der Waals surface area (Å²) in [6.07, 6.45) is 27.3. The third-order valence-corrected chi connectivity index (χ3v) is 12.5. The minimum Gasteiger partial charge on any atom is -0.0654 e. The summed E-state index contributed by atoms with van der Waals surface area (Å²) in [6, 6.07) is 46.8. The van der Waals surface area contributed by atoms with E-state index in [-0.39, 0.29) is 0 Å². The molecule has 0 spiro atoms. The molecule has 0 N–H and O–H groups in total. The summed E-state index contributed by atoms with van der Waals surface area (Å²) < 4.78 is 0. The van der Waals surface area contributed by atoms with Crippen LogP contribution in [0.3, 0.4) is 0 Å². The molecule has 0 aliphatic heterocycles. The molecular weight excluding hydrogens is 673 g/mol. The van der Waals surface area contributed by atoms with Gasteiger partial charge in [-0.3, -0.25) is 0 Å². The quantitative estimate of drug-likeness (QED) is 0.0480. The van der Waals surface area contributed by atoms with Gasteiger partial charge < -0.3 is 0 Å². The van der Waals surface area contributed by atoms with Gasteiger partial charge in [0.2, 0.25) is 0 Å². The van der Waals surface area contributed by atoms with Crippen LogP contribution in [-0.4, -0.2) is 0 Å². The Morgan fingerprint density at radius 3 is 0.911 bits per heavy atom. The van der Waals surface area contributed by atoms with E-state index in [0.29, 0.717) is 0 Å². The van der Waals surface area contributed by atoms with Gasteiger partial charge >= 0.3 is 0 Å². The Kier molecular flexibility index (Phi) is 14.7. The molecule has 0 aliphatic rings. The molecule has 0 aromatic heterocycles. The van der Waals surface area contributed by atoms with Crippen molar-refractivity contribution in [2.24, 2.45) is 0 Å². The van der Waals surface area contributed by atoms with E-state index in [9.17, 15) is 0 Å². The predicted octanol–water partition coefficient (Wildman–Crippen LogP) is 17.8. The predicted molar refractivity (Wildman–Crippen MR) is 249 cm³/mol. The second kappa shape index (κ2) is 20.7. The van der Waals surface area contributed by atoms with Gasteiger partial charge in [-0.25, -0.2) is 0 Å². The van der Waals surface area contributed by atoms with E-state index in [0.717, 1.165) is 0 Å². The summed E-state index contributed by atoms with van der Waals surface area (Å²) in [5.74, 6) is 0. The van der Waals surface area contributed by atoms with Crippen LogP contribution in [0, 0.1) is 0 Å². The Balaban J connectivity index is 0.973. The summed E-state index contributed by atoms with van der Waals surface area (Å²) in [6.45, 7) is 4.59. The standard InChI is InChI=1S/C56H66/c1-3-5-7-9-11-13-15-17-19-21-43-23-27-45(28-24-43)47-31-35-51-49(41-47)33-37-55-53(51)39-40-54-52-36-32-48(42-50(52)34-38-56(54)55)46-29-25-44(26-30-46)22-20-18-16-14-12-10-8-6-4-2/h23-42H,3-22H2,1-2H3. The minimum atomic E-state index is 1.19. The largest absolute Gasteiger partial charge is 0.0654 e. The van der Waals surface area contributed by atoms with Crippen molar-refractivity contribution in [3.63, 3.8) is 0 Å². The van der Waals surface area contributed by atoms with Crippen LogP contribution in [0.15, 0.2) is 121 Å². The minimum absolute atomic E-state index is 1.19. The highest BCUT2D eigenvalue weighted by atomic mass is 14.1. The van der Waals surface area contributed by atoms with Crippen molar-refractivity contribution in [1.29, 1.82) is 0 Å². The van der Waals surface area contributed by atoms with Crippen LogP contribution in [0.2, 0.25) is 0 Å². The van der Waals surface area contributed by atoms with Gasteiger partial charge in [-0.2, -0.15) is 0 Å². The average Bonchev–Trinajstić information content (AvgIpc) is 3.25. The molecule has 290 valence electrons. The molecule has 0 heteroatoms. The molecule has 7 aromatic carbocycles. The molecule has 0 unspecified atom stereocenters. The van der Waals surface area contributed by atoms with Crippen molar-refractivity contribution in [3.8, 4) is 22.3 Å². The topological polar surface area (TPSA) is 0 Å². The number of fused-ring (bicyclic) bond motifs is 7. The molecule has 0 atom stereocenters. The first-order valence-corrected chi connectivity index (χ1v) is 22.7. The van der Waals surface area contributed by atoms with Gasteiger partial charge in [-0.05, 0) is 114 Å². The van der Waals surface area contributed by atoms with Crippen molar-refractivity contribution in [2.45, 2.75) is 142 Å². The van der Waals surface area contributed by atoms with E-state index < -0.39 is 0 Å². The van der Waals surface area contributed by atoms with Gasteiger partial charge in [0.1, 0.15) is 0 Å². The average molecular weight is 739 g/mol. The Hall–Kier alpha value is -4.42. The van der Waals surface area contributed by atoms with Crippen molar-refractivity contribution < 1.29 is 0 Å². The van der Waals surface area contributed by atoms with Crippen LogP contribution < -0.4 is 0 Å². The maximum atomic E-state index is 2.38. The van der Waals surface area contributed by atoms with E-state index in [1.165, 1.54) is 205 Å². The highest BCUT2D eigenvalue weighted by Gasteiger charge is 2.10. The van der Waals surface area contributed by atoms with Crippen LogP contribution >= 0.6 is 0 Å². The highest BCUT2D eigenvalue weighted by Crippen LogP contribution is 2.37. The first kappa shape index (κ1) is 39.8. The first-order valence-electron chi connectivity index (χ1n) is 22.7. The maximum absolute atomic E-state index is 2.38. The maximum Gasteiger partial charge on any atom is -0.00987 e. The van der Waals surface area contributed by atoms with Crippen LogP contribution in [0.1, 0.15) is 141 Å². The van der Waals surface area contributed by atoms with Crippen molar-refractivity contribution in [1.82, 2.24) is 0 Å². The molecule has 0 heterocycles. The lowest BCUT2D eigenvalue weighted by molar-refractivity contribution is 0.565. The van der Waals surface area contributed by atoms with E-state index in [1.807, 2.05) is 0 Å². The molecular formula is C56H66. The lowest BCUT2D eigenvalue weighted by Crippen LogP contribution is -1.88. The van der Waals surface area contributed by atoms with E-state index >= 15 is 0 Å². The second-order valence-electron chi connectivity index (χ2n) is 16.8. The zero-order valence-corrected chi connectivity index (χ0v) is 34.7. The molecule has 0 radical (unpaired) electrons. The molecule has 0 amide bonds. The van der Waals surface area contributed by atoms with Gasteiger partial charge in [0.25, 0.3) is 0 Å². The molecule has 0 nitrogen and oxygen atoms in total. The first-order chi connectivity index (χ1) is 27.7. The summed E-state index contributed by atoms with van der Waals surface area (Å²) >= 11 is 0. The monoisotopic (exact) mass is 739 g/mol. The molecule has 56 heavy (non-hydrogen) atoms. The van der Waals surface area contributed by atoms with Gasteiger partial charge in [0, 0.05) is 0 Å². The molecule has 0 saturated carbocycles. The van der Waals surface area contributed by atoms with E-state index in [4.69, 9.17) is 0 Å². The van der Waals surface area contributed by atoms with E-state index in [2.05, 4.69) is 135 Å². The zero-order valence-electron chi connectivity index (χ0n) is 34.7. The van der Waals surface area contributed by atoms with Crippen molar-refractivity contribution in [2.75, 3.05) is 0 Å². The van der Waals surface area contributed by atoms with Crippen LogP contribution in [0.25, 0.3) is 65.3 Å². The Morgan fingerprint density at radius 2 is 0.536 bits per heavy atom. The number of aryl methyl sites for hydroxylation is 2. The fraction of sp³-hybridized carbons (Fsp3) is 0.393. The second-order valence-corrected chi connectivity index (χ2v) is 16.8. The van der Waals surface area contributed by atoms with Gasteiger partial charge in [-0.1, -0.05) is 226 Å². The normalized spacial score (nSPS) is 11.8. The number of rotatable bonds is 22. The molecule has 7 rings (SSSR count). The number of hydrogen-bond donors (Lipinski definition) is 0. The number of benzene rings is 7. The lowest BCUT2D eigenvalue weighted by Gasteiger charge is -2.12. The third kappa shape index (κ3) is 10.3. The third-order valence-electron chi connectivity index (χ3n) is 12.5. The number of hydrogen-bond acceptors (Lipinski definition) is 0. The smallest absolute Gasteiger partial charge is 0.00987 e.